The lowest BCUT2D eigenvalue weighted by Crippen LogP contribution is -1.96. The molecule has 0 amide bonds. The molecule has 0 bridgehead atoms. The molecule has 1 aromatic heterocycles. The lowest BCUT2D eigenvalue weighted by molar-refractivity contribution is 0.508. The Hall–Kier alpha value is -3.00. The number of aromatic nitrogens is 2. The van der Waals surface area contributed by atoms with Gasteiger partial charge in [0.25, 0.3) is 0 Å². The molecule has 1 heterocycles. The molecule has 0 saturated carbocycles. The van der Waals surface area contributed by atoms with Crippen LogP contribution < -0.4 is 0 Å². The molecule has 0 N–H and O–H groups in total. The lowest BCUT2D eigenvalue weighted by Gasteiger charge is -2.01. The van der Waals surface area contributed by atoms with Crippen molar-refractivity contribution in [2.75, 3.05) is 0 Å². The van der Waals surface area contributed by atoms with Crippen LogP contribution in [-0.2, 0) is 7.05 Å². The summed E-state index contributed by atoms with van der Waals surface area (Å²) in [6, 6.07) is 13.1. The zero-order chi connectivity index (χ0) is 15.7. The molecule has 0 atom stereocenters. The smallest absolute Gasteiger partial charge is 0.159 e. The maximum absolute atomic E-state index is 13.3. The number of imidazole rings is 1. The van der Waals surface area contributed by atoms with E-state index in [4.69, 9.17) is 0 Å². The van der Waals surface area contributed by atoms with Gasteiger partial charge >= 0.3 is 0 Å². The zero-order valence-electron chi connectivity index (χ0n) is 11.7. The first kappa shape index (κ1) is 14.0. The highest BCUT2D eigenvalue weighted by atomic mass is 19.2. The highest BCUT2D eigenvalue weighted by Gasteiger charge is 2.12. The normalized spacial score (nSPS) is 11.6. The van der Waals surface area contributed by atoms with Crippen molar-refractivity contribution in [2.45, 2.75) is 0 Å². The summed E-state index contributed by atoms with van der Waals surface area (Å²) in [5.74, 6) is -1.39. The summed E-state index contributed by atoms with van der Waals surface area (Å²) in [7, 11) is 1.81. The van der Waals surface area contributed by atoms with Crippen LogP contribution in [0.2, 0.25) is 0 Å². The summed E-state index contributed by atoms with van der Waals surface area (Å²) in [4.78, 5) is 4.42. The quantitative estimate of drug-likeness (QED) is 0.672. The van der Waals surface area contributed by atoms with Crippen LogP contribution in [-0.4, -0.2) is 9.55 Å². The average Bonchev–Trinajstić information content (AvgIpc) is 2.86. The Balaban J connectivity index is 2.13. The number of allylic oxidation sites excluding steroid dienone is 1. The molecule has 3 aromatic rings. The van der Waals surface area contributed by atoms with Gasteiger partial charge in [0.1, 0.15) is 6.07 Å². The number of nitriles is 1. The number of halogens is 2. The van der Waals surface area contributed by atoms with E-state index in [1.807, 2.05) is 24.3 Å². The van der Waals surface area contributed by atoms with Crippen LogP contribution in [0, 0.1) is 23.0 Å². The second-order valence-electron chi connectivity index (χ2n) is 4.83. The number of rotatable bonds is 2. The molecule has 5 heteroatoms. The molecular formula is C17H11F2N3. The van der Waals surface area contributed by atoms with Crippen molar-refractivity contribution in [1.82, 2.24) is 9.55 Å². The predicted octanol–water partition coefficient (Wildman–Crippen LogP) is 3.92. The van der Waals surface area contributed by atoms with E-state index >= 15 is 0 Å². The first-order valence-electron chi connectivity index (χ1n) is 6.59. The molecule has 0 fully saturated rings. The Kier molecular flexibility index (Phi) is 3.43. The van der Waals surface area contributed by atoms with Crippen molar-refractivity contribution in [1.29, 1.82) is 5.26 Å². The van der Waals surface area contributed by atoms with Gasteiger partial charge in [0.2, 0.25) is 0 Å². The minimum atomic E-state index is -0.948. The Morgan fingerprint density at radius 1 is 1.18 bits per heavy atom. The third-order valence-corrected chi connectivity index (χ3v) is 3.40. The van der Waals surface area contributed by atoms with E-state index < -0.39 is 11.6 Å². The zero-order valence-corrected chi connectivity index (χ0v) is 11.7. The minimum absolute atomic E-state index is 0.282. The van der Waals surface area contributed by atoms with Gasteiger partial charge in [0, 0.05) is 7.05 Å². The molecule has 0 spiro atoms. The Morgan fingerprint density at radius 3 is 2.64 bits per heavy atom. The molecule has 0 saturated heterocycles. The minimum Gasteiger partial charge on any atom is -0.327 e. The van der Waals surface area contributed by atoms with Gasteiger partial charge < -0.3 is 4.57 Å². The molecule has 0 aliphatic heterocycles. The largest absolute Gasteiger partial charge is 0.327 e. The molecule has 0 aliphatic rings. The molecule has 0 aliphatic carbocycles. The second-order valence-corrected chi connectivity index (χ2v) is 4.83. The van der Waals surface area contributed by atoms with Gasteiger partial charge in [0.05, 0.1) is 16.6 Å². The van der Waals surface area contributed by atoms with Crippen LogP contribution in [0.25, 0.3) is 22.7 Å². The summed E-state index contributed by atoms with van der Waals surface area (Å²) >= 11 is 0. The predicted molar refractivity (Wildman–Crippen MR) is 80.6 cm³/mol. The third kappa shape index (κ3) is 2.35. The van der Waals surface area contributed by atoms with Gasteiger partial charge in [-0.2, -0.15) is 5.26 Å². The number of aryl methyl sites for hydroxylation is 1. The van der Waals surface area contributed by atoms with E-state index in [1.165, 1.54) is 12.1 Å². The molecule has 3 nitrogen and oxygen atoms in total. The number of hydrogen-bond donors (Lipinski definition) is 0. The molecule has 0 radical (unpaired) electrons. The van der Waals surface area contributed by atoms with Crippen LogP contribution in [0.1, 0.15) is 11.4 Å². The molecule has 2 aromatic carbocycles. The van der Waals surface area contributed by atoms with Gasteiger partial charge in [-0.3, -0.25) is 0 Å². The highest BCUT2D eigenvalue weighted by Crippen LogP contribution is 2.22. The van der Waals surface area contributed by atoms with Crippen molar-refractivity contribution in [3.63, 3.8) is 0 Å². The van der Waals surface area contributed by atoms with Gasteiger partial charge in [0.15, 0.2) is 17.5 Å². The van der Waals surface area contributed by atoms with Crippen LogP contribution >= 0.6 is 0 Å². The number of fused-ring (bicyclic) bond motifs is 1. The van der Waals surface area contributed by atoms with E-state index in [2.05, 4.69) is 11.1 Å². The number of hydrogen-bond acceptors (Lipinski definition) is 2. The number of para-hydroxylation sites is 2. The van der Waals surface area contributed by atoms with Crippen LogP contribution in [0.5, 0.6) is 0 Å². The molecule has 3 rings (SSSR count). The standard InChI is InChI=1S/C17H11F2N3/c1-22-16-5-3-2-4-15(16)21-17(22)12(10-20)8-11-6-7-13(18)14(19)9-11/h2-9H,1H3/b12-8+. The Bertz CT molecular complexity index is 933. The lowest BCUT2D eigenvalue weighted by atomic mass is 10.1. The third-order valence-electron chi connectivity index (χ3n) is 3.40. The summed E-state index contributed by atoms with van der Waals surface area (Å²) in [5.41, 5.74) is 2.35. The Labute approximate surface area is 125 Å². The van der Waals surface area contributed by atoms with Crippen molar-refractivity contribution >= 4 is 22.7 Å². The molecule has 0 unspecified atom stereocenters. The monoisotopic (exact) mass is 295 g/mol. The summed E-state index contributed by atoms with van der Waals surface area (Å²) in [5, 5.41) is 9.37. The Morgan fingerprint density at radius 2 is 1.95 bits per heavy atom. The van der Waals surface area contributed by atoms with Crippen LogP contribution in [0.15, 0.2) is 42.5 Å². The van der Waals surface area contributed by atoms with E-state index in [9.17, 15) is 14.0 Å². The van der Waals surface area contributed by atoms with E-state index in [0.717, 1.165) is 23.2 Å². The summed E-state index contributed by atoms with van der Waals surface area (Å²) in [6.45, 7) is 0. The van der Waals surface area contributed by atoms with Gasteiger partial charge in [-0.25, -0.2) is 13.8 Å². The second kappa shape index (κ2) is 5.41. The SMILES string of the molecule is Cn1c(/C(C#N)=C/c2ccc(F)c(F)c2)nc2ccccc21. The molecule has 22 heavy (non-hydrogen) atoms. The van der Waals surface area contributed by atoms with Crippen molar-refractivity contribution in [3.8, 4) is 6.07 Å². The summed E-state index contributed by atoms with van der Waals surface area (Å²) in [6.07, 6.45) is 1.49. The van der Waals surface area contributed by atoms with Gasteiger partial charge in [-0.05, 0) is 35.9 Å². The highest BCUT2D eigenvalue weighted by molar-refractivity contribution is 5.90. The summed E-state index contributed by atoms with van der Waals surface area (Å²) < 4.78 is 28.0. The van der Waals surface area contributed by atoms with Crippen LogP contribution in [0.3, 0.4) is 0 Å². The fourth-order valence-electron chi connectivity index (χ4n) is 2.30. The maximum atomic E-state index is 13.3. The first-order valence-corrected chi connectivity index (χ1v) is 6.59. The number of nitrogens with zero attached hydrogens (tertiary/aromatic N) is 3. The van der Waals surface area contributed by atoms with Crippen LogP contribution in [0.4, 0.5) is 8.78 Å². The van der Waals surface area contributed by atoms with E-state index in [0.29, 0.717) is 11.4 Å². The number of benzene rings is 2. The molecular weight excluding hydrogens is 284 g/mol. The van der Waals surface area contributed by atoms with Gasteiger partial charge in [-0.1, -0.05) is 18.2 Å². The van der Waals surface area contributed by atoms with Crippen molar-refractivity contribution in [3.05, 3.63) is 65.5 Å². The van der Waals surface area contributed by atoms with Crippen molar-refractivity contribution < 1.29 is 8.78 Å². The van der Waals surface area contributed by atoms with Crippen molar-refractivity contribution in [2.24, 2.45) is 7.05 Å². The van der Waals surface area contributed by atoms with Gasteiger partial charge in [-0.15, -0.1) is 0 Å². The fourth-order valence-corrected chi connectivity index (χ4v) is 2.30. The first-order chi connectivity index (χ1) is 10.6. The topological polar surface area (TPSA) is 41.6 Å². The molecule has 108 valence electrons. The van der Waals surface area contributed by atoms with E-state index in [-0.39, 0.29) is 5.57 Å². The maximum Gasteiger partial charge on any atom is 0.159 e. The average molecular weight is 295 g/mol. The fraction of sp³-hybridized carbons (Fsp3) is 0.0588. The van der Waals surface area contributed by atoms with E-state index in [1.54, 1.807) is 11.6 Å².